The van der Waals surface area contributed by atoms with Gasteiger partial charge in [0, 0.05) is 26.3 Å². The van der Waals surface area contributed by atoms with Gasteiger partial charge in [-0.15, -0.1) is 0 Å². The van der Waals surface area contributed by atoms with Crippen LogP contribution in [0.5, 0.6) is 0 Å². The fourth-order valence-corrected chi connectivity index (χ4v) is 1.58. The third-order valence-corrected chi connectivity index (χ3v) is 2.56. The molecule has 0 spiro atoms. The van der Waals surface area contributed by atoms with Gasteiger partial charge in [0.05, 0.1) is 5.56 Å². The summed E-state index contributed by atoms with van der Waals surface area (Å²) < 4.78 is 5.04. The van der Waals surface area contributed by atoms with Crippen LogP contribution in [0.2, 0.25) is 0 Å². The third kappa shape index (κ3) is 3.46. The Bertz CT molecular complexity index is 389. The molecular weight excluding hydrogens is 216 g/mol. The molecule has 0 saturated carbocycles. The highest BCUT2D eigenvalue weighted by Gasteiger charge is 2.12. The molecule has 0 unspecified atom stereocenters. The fraction of sp³-hybridized carbons (Fsp3) is 0.462. The number of carbonyl (C=O) groups is 1. The lowest BCUT2D eigenvalue weighted by Gasteiger charge is -2.15. The van der Waals surface area contributed by atoms with E-state index in [4.69, 9.17) is 10.5 Å². The van der Waals surface area contributed by atoms with E-state index in [9.17, 15) is 4.79 Å². The van der Waals surface area contributed by atoms with Crippen molar-refractivity contribution in [2.75, 3.05) is 32.1 Å². The molecule has 0 atom stereocenters. The molecule has 0 aliphatic rings. The van der Waals surface area contributed by atoms with Crippen LogP contribution < -0.4 is 10.6 Å². The molecule has 0 amide bonds. The molecule has 1 rings (SSSR count). The molecule has 1 aromatic rings. The summed E-state index contributed by atoms with van der Waals surface area (Å²) in [6.45, 7) is 2.63. The van der Waals surface area contributed by atoms with E-state index < -0.39 is 0 Å². The van der Waals surface area contributed by atoms with Crippen molar-refractivity contribution in [3.8, 4) is 0 Å². The molecule has 0 fully saturated rings. The SMILES string of the molecule is CCc1cc(N(C)C)ccc1C(=O)OCCN. The van der Waals surface area contributed by atoms with Crippen LogP contribution in [0.3, 0.4) is 0 Å². The summed E-state index contributed by atoms with van der Waals surface area (Å²) in [6, 6.07) is 5.74. The van der Waals surface area contributed by atoms with Crippen LogP contribution in [0.1, 0.15) is 22.8 Å². The van der Waals surface area contributed by atoms with Crippen LogP contribution in [0.15, 0.2) is 18.2 Å². The van der Waals surface area contributed by atoms with E-state index in [-0.39, 0.29) is 12.6 Å². The molecule has 4 nitrogen and oxygen atoms in total. The smallest absolute Gasteiger partial charge is 0.338 e. The van der Waals surface area contributed by atoms with E-state index in [0.717, 1.165) is 17.7 Å². The Balaban J connectivity index is 2.96. The van der Waals surface area contributed by atoms with Crippen LogP contribution in [0.25, 0.3) is 0 Å². The minimum Gasteiger partial charge on any atom is -0.461 e. The molecule has 94 valence electrons. The van der Waals surface area contributed by atoms with E-state index in [1.165, 1.54) is 0 Å². The summed E-state index contributed by atoms with van der Waals surface area (Å²) in [5, 5.41) is 0. The average Bonchev–Trinajstić information content (AvgIpc) is 2.34. The van der Waals surface area contributed by atoms with Gasteiger partial charge in [-0.05, 0) is 30.2 Å². The summed E-state index contributed by atoms with van der Waals surface area (Å²) in [4.78, 5) is 13.8. The molecule has 0 aromatic heterocycles. The summed E-state index contributed by atoms with van der Waals surface area (Å²) in [6.07, 6.45) is 0.800. The number of anilines is 1. The van der Waals surface area contributed by atoms with Gasteiger partial charge in [-0.1, -0.05) is 6.92 Å². The highest BCUT2D eigenvalue weighted by molar-refractivity contribution is 5.91. The first-order valence-corrected chi connectivity index (χ1v) is 5.77. The topological polar surface area (TPSA) is 55.6 Å². The van der Waals surface area contributed by atoms with Gasteiger partial charge in [0.1, 0.15) is 6.61 Å². The second kappa shape index (κ2) is 6.25. The molecule has 1 aromatic carbocycles. The zero-order valence-electron chi connectivity index (χ0n) is 10.7. The summed E-state index contributed by atoms with van der Waals surface area (Å²) in [5.74, 6) is -0.294. The molecule has 0 aliphatic carbocycles. The lowest BCUT2D eigenvalue weighted by atomic mass is 10.0. The average molecular weight is 236 g/mol. The van der Waals surface area contributed by atoms with Crippen molar-refractivity contribution in [2.24, 2.45) is 5.73 Å². The largest absolute Gasteiger partial charge is 0.461 e. The number of hydrogen-bond donors (Lipinski definition) is 1. The number of hydrogen-bond acceptors (Lipinski definition) is 4. The van der Waals surface area contributed by atoms with Crippen LogP contribution >= 0.6 is 0 Å². The summed E-state index contributed by atoms with van der Waals surface area (Å²) >= 11 is 0. The Hall–Kier alpha value is -1.55. The Labute approximate surface area is 102 Å². The van der Waals surface area contributed by atoms with Crippen molar-refractivity contribution in [1.82, 2.24) is 0 Å². The Morgan fingerprint density at radius 2 is 2.12 bits per heavy atom. The number of esters is 1. The van der Waals surface area contributed by atoms with Crippen molar-refractivity contribution >= 4 is 11.7 Å². The zero-order chi connectivity index (χ0) is 12.8. The minimum atomic E-state index is -0.294. The van der Waals surface area contributed by atoms with Crippen molar-refractivity contribution < 1.29 is 9.53 Å². The molecule has 0 aliphatic heterocycles. The molecule has 17 heavy (non-hydrogen) atoms. The van der Waals surface area contributed by atoms with Gasteiger partial charge in [-0.3, -0.25) is 0 Å². The molecule has 0 heterocycles. The number of benzene rings is 1. The quantitative estimate of drug-likeness (QED) is 0.786. The lowest BCUT2D eigenvalue weighted by molar-refractivity contribution is 0.0515. The number of carbonyl (C=O) groups excluding carboxylic acids is 1. The lowest BCUT2D eigenvalue weighted by Crippen LogP contribution is -2.16. The number of nitrogens with zero attached hydrogens (tertiary/aromatic N) is 1. The van der Waals surface area contributed by atoms with Crippen LogP contribution in [0.4, 0.5) is 5.69 Å². The molecule has 0 radical (unpaired) electrons. The predicted octanol–water partition coefficient (Wildman–Crippen LogP) is 1.43. The molecule has 0 bridgehead atoms. The van der Waals surface area contributed by atoms with Gasteiger partial charge in [-0.2, -0.15) is 0 Å². The number of nitrogens with two attached hydrogens (primary N) is 1. The maximum atomic E-state index is 11.8. The maximum Gasteiger partial charge on any atom is 0.338 e. The standard InChI is InChI=1S/C13H20N2O2/c1-4-10-9-11(15(2)3)5-6-12(10)13(16)17-8-7-14/h5-6,9H,4,7-8,14H2,1-3H3. The van der Waals surface area contributed by atoms with Crippen LogP contribution in [-0.2, 0) is 11.2 Å². The fourth-order valence-electron chi connectivity index (χ4n) is 1.58. The molecular formula is C13H20N2O2. The first kappa shape index (κ1) is 13.5. The van der Waals surface area contributed by atoms with Crippen LogP contribution in [0, 0.1) is 0 Å². The molecule has 0 saturated heterocycles. The number of rotatable bonds is 5. The van der Waals surface area contributed by atoms with E-state index in [1.54, 1.807) is 0 Å². The first-order valence-electron chi connectivity index (χ1n) is 5.77. The Morgan fingerprint density at radius 3 is 2.65 bits per heavy atom. The normalized spacial score (nSPS) is 10.1. The Morgan fingerprint density at radius 1 is 1.41 bits per heavy atom. The van der Waals surface area contributed by atoms with E-state index >= 15 is 0 Å². The highest BCUT2D eigenvalue weighted by atomic mass is 16.5. The number of aryl methyl sites for hydroxylation is 1. The van der Waals surface area contributed by atoms with Crippen molar-refractivity contribution in [2.45, 2.75) is 13.3 Å². The second-order valence-corrected chi connectivity index (χ2v) is 4.01. The van der Waals surface area contributed by atoms with E-state index in [2.05, 4.69) is 0 Å². The van der Waals surface area contributed by atoms with E-state index in [1.807, 2.05) is 44.1 Å². The second-order valence-electron chi connectivity index (χ2n) is 4.01. The third-order valence-electron chi connectivity index (χ3n) is 2.56. The molecule has 4 heteroatoms. The summed E-state index contributed by atoms with van der Waals surface area (Å²) in [7, 11) is 3.95. The monoisotopic (exact) mass is 236 g/mol. The van der Waals surface area contributed by atoms with Gasteiger partial charge < -0.3 is 15.4 Å². The van der Waals surface area contributed by atoms with Gasteiger partial charge in [0.25, 0.3) is 0 Å². The van der Waals surface area contributed by atoms with Crippen molar-refractivity contribution in [1.29, 1.82) is 0 Å². The van der Waals surface area contributed by atoms with Crippen LogP contribution in [-0.4, -0.2) is 33.2 Å². The Kier molecular flexibility index (Phi) is 4.97. The van der Waals surface area contributed by atoms with Gasteiger partial charge in [-0.25, -0.2) is 4.79 Å². The van der Waals surface area contributed by atoms with Gasteiger partial charge in [0.2, 0.25) is 0 Å². The maximum absolute atomic E-state index is 11.8. The number of ether oxygens (including phenoxy) is 1. The highest BCUT2D eigenvalue weighted by Crippen LogP contribution is 2.19. The zero-order valence-corrected chi connectivity index (χ0v) is 10.7. The first-order chi connectivity index (χ1) is 8.10. The minimum absolute atomic E-state index is 0.261. The predicted molar refractivity (Wildman–Crippen MR) is 69.5 cm³/mol. The summed E-state index contributed by atoms with van der Waals surface area (Å²) in [5.41, 5.74) is 8.02. The van der Waals surface area contributed by atoms with Gasteiger partial charge in [0.15, 0.2) is 0 Å². The van der Waals surface area contributed by atoms with Crippen molar-refractivity contribution in [3.05, 3.63) is 29.3 Å². The van der Waals surface area contributed by atoms with Crippen molar-refractivity contribution in [3.63, 3.8) is 0 Å². The van der Waals surface area contributed by atoms with Gasteiger partial charge >= 0.3 is 5.97 Å². The molecule has 2 N–H and O–H groups in total. The van der Waals surface area contributed by atoms with E-state index in [0.29, 0.717) is 12.1 Å².